The minimum atomic E-state index is 0.484. The Balaban J connectivity index is 1.87. The minimum absolute atomic E-state index is 0.484. The minimum Gasteiger partial charge on any atom is -0.317 e. The van der Waals surface area contributed by atoms with Gasteiger partial charge in [-0.2, -0.15) is 0 Å². The topological polar surface area (TPSA) is 24.1 Å². The summed E-state index contributed by atoms with van der Waals surface area (Å²) in [4.78, 5) is 0. The van der Waals surface area contributed by atoms with Crippen LogP contribution in [0.25, 0.3) is 0 Å². The lowest BCUT2D eigenvalue weighted by Gasteiger charge is -2.24. The predicted octanol–water partition coefficient (Wildman–Crippen LogP) is 1.76. The summed E-state index contributed by atoms with van der Waals surface area (Å²) in [5.41, 5.74) is 0.968. The molecule has 0 aromatic carbocycles. The molecule has 2 fully saturated rings. The van der Waals surface area contributed by atoms with E-state index < -0.39 is 0 Å². The summed E-state index contributed by atoms with van der Waals surface area (Å²) in [5, 5.41) is 7.24. The van der Waals surface area contributed by atoms with E-state index in [-0.39, 0.29) is 0 Å². The average molecular weight is 196 g/mol. The summed E-state index contributed by atoms with van der Waals surface area (Å²) >= 11 is 0. The largest absolute Gasteiger partial charge is 0.317 e. The first-order valence-electron chi connectivity index (χ1n) is 5.93. The van der Waals surface area contributed by atoms with Crippen LogP contribution in [0.15, 0.2) is 0 Å². The molecule has 0 amide bonds. The zero-order chi connectivity index (χ0) is 10.4. The lowest BCUT2D eigenvalue weighted by molar-refractivity contribution is 0.364. The van der Waals surface area contributed by atoms with Crippen LogP contribution in [0.2, 0.25) is 0 Å². The van der Waals surface area contributed by atoms with Crippen molar-refractivity contribution in [3.8, 4) is 0 Å². The van der Waals surface area contributed by atoms with Crippen LogP contribution in [0.1, 0.15) is 40.5 Å². The van der Waals surface area contributed by atoms with Crippen LogP contribution < -0.4 is 10.6 Å². The second-order valence-electron chi connectivity index (χ2n) is 6.07. The maximum Gasteiger partial charge on any atom is 0.0183 e. The number of hydrogen-bond acceptors (Lipinski definition) is 2. The molecule has 0 aromatic rings. The maximum absolute atomic E-state index is 3.83. The van der Waals surface area contributed by atoms with Gasteiger partial charge in [0.25, 0.3) is 0 Å². The average Bonchev–Trinajstić information content (AvgIpc) is 2.50. The van der Waals surface area contributed by atoms with E-state index in [4.69, 9.17) is 0 Å². The molecule has 2 rings (SSSR count). The SMILES string of the molecule is CC1(C)C(NC2CCNCC2)C1(C)C. The van der Waals surface area contributed by atoms with E-state index in [1.807, 2.05) is 0 Å². The first kappa shape index (κ1) is 10.4. The Labute approximate surface area is 87.8 Å². The van der Waals surface area contributed by atoms with Crippen LogP contribution in [0, 0.1) is 10.8 Å². The van der Waals surface area contributed by atoms with E-state index in [1.54, 1.807) is 0 Å². The Bertz CT molecular complexity index is 200. The lowest BCUT2D eigenvalue weighted by Crippen LogP contribution is -2.42. The van der Waals surface area contributed by atoms with E-state index in [0.717, 1.165) is 12.1 Å². The van der Waals surface area contributed by atoms with Crippen molar-refractivity contribution in [3.63, 3.8) is 0 Å². The molecule has 1 heterocycles. The van der Waals surface area contributed by atoms with Gasteiger partial charge in [-0.05, 0) is 36.8 Å². The number of rotatable bonds is 2. The molecule has 14 heavy (non-hydrogen) atoms. The van der Waals surface area contributed by atoms with Crippen molar-refractivity contribution in [2.75, 3.05) is 13.1 Å². The van der Waals surface area contributed by atoms with Crippen molar-refractivity contribution in [1.29, 1.82) is 0 Å². The van der Waals surface area contributed by atoms with Gasteiger partial charge in [0.2, 0.25) is 0 Å². The third-order valence-corrected chi connectivity index (χ3v) is 4.76. The van der Waals surface area contributed by atoms with Crippen LogP contribution in [0.3, 0.4) is 0 Å². The van der Waals surface area contributed by atoms with Crippen LogP contribution in [-0.2, 0) is 0 Å². The van der Waals surface area contributed by atoms with Gasteiger partial charge in [-0.3, -0.25) is 0 Å². The molecule has 2 aliphatic rings. The summed E-state index contributed by atoms with van der Waals surface area (Å²) in [5.74, 6) is 0. The van der Waals surface area contributed by atoms with E-state index >= 15 is 0 Å². The van der Waals surface area contributed by atoms with Gasteiger partial charge in [0, 0.05) is 12.1 Å². The van der Waals surface area contributed by atoms with Gasteiger partial charge < -0.3 is 10.6 Å². The molecule has 0 aromatic heterocycles. The number of hydrogen-bond donors (Lipinski definition) is 2. The van der Waals surface area contributed by atoms with E-state index in [2.05, 4.69) is 38.3 Å². The van der Waals surface area contributed by atoms with Crippen LogP contribution in [0.5, 0.6) is 0 Å². The normalized spacial score (nSPS) is 31.7. The third-order valence-electron chi connectivity index (χ3n) is 4.76. The van der Waals surface area contributed by atoms with Crippen LogP contribution >= 0.6 is 0 Å². The van der Waals surface area contributed by atoms with Crippen LogP contribution in [-0.4, -0.2) is 25.2 Å². The highest BCUT2D eigenvalue weighted by atomic mass is 15.1. The predicted molar refractivity (Wildman–Crippen MR) is 60.4 cm³/mol. The molecular formula is C12H24N2. The van der Waals surface area contributed by atoms with Crippen molar-refractivity contribution in [2.45, 2.75) is 52.6 Å². The van der Waals surface area contributed by atoms with E-state index in [0.29, 0.717) is 10.8 Å². The highest BCUT2D eigenvalue weighted by molar-refractivity contribution is 5.18. The monoisotopic (exact) mass is 196 g/mol. The van der Waals surface area contributed by atoms with Crippen molar-refractivity contribution in [1.82, 2.24) is 10.6 Å². The molecule has 2 heteroatoms. The van der Waals surface area contributed by atoms with Crippen LogP contribution in [0.4, 0.5) is 0 Å². The maximum atomic E-state index is 3.83. The first-order chi connectivity index (χ1) is 6.46. The smallest absolute Gasteiger partial charge is 0.0183 e. The first-order valence-corrected chi connectivity index (χ1v) is 5.93. The summed E-state index contributed by atoms with van der Waals surface area (Å²) in [6.45, 7) is 11.9. The Kier molecular flexibility index (Phi) is 2.39. The van der Waals surface area contributed by atoms with Crippen molar-refractivity contribution < 1.29 is 0 Å². The molecule has 2 nitrogen and oxygen atoms in total. The van der Waals surface area contributed by atoms with Gasteiger partial charge in [-0.1, -0.05) is 27.7 Å². The third kappa shape index (κ3) is 1.49. The molecule has 2 N–H and O–H groups in total. The van der Waals surface area contributed by atoms with Crippen molar-refractivity contribution >= 4 is 0 Å². The fraction of sp³-hybridized carbons (Fsp3) is 1.00. The molecule has 1 aliphatic heterocycles. The highest BCUT2D eigenvalue weighted by Crippen LogP contribution is 2.62. The van der Waals surface area contributed by atoms with Gasteiger partial charge in [0.05, 0.1) is 0 Å². The zero-order valence-corrected chi connectivity index (χ0v) is 9.98. The Morgan fingerprint density at radius 3 is 1.93 bits per heavy atom. The Morgan fingerprint density at radius 2 is 1.50 bits per heavy atom. The highest BCUT2D eigenvalue weighted by Gasteiger charge is 2.64. The summed E-state index contributed by atoms with van der Waals surface area (Å²) in [7, 11) is 0. The summed E-state index contributed by atoms with van der Waals surface area (Å²) in [6, 6.07) is 1.47. The van der Waals surface area contributed by atoms with Crippen molar-refractivity contribution in [2.24, 2.45) is 10.8 Å². The van der Waals surface area contributed by atoms with Gasteiger partial charge >= 0.3 is 0 Å². The molecule has 1 saturated heterocycles. The second kappa shape index (κ2) is 3.21. The lowest BCUT2D eigenvalue weighted by atomic mass is 10.0. The molecule has 0 bridgehead atoms. The summed E-state index contributed by atoms with van der Waals surface area (Å²) < 4.78 is 0. The fourth-order valence-electron chi connectivity index (χ4n) is 2.84. The molecule has 0 radical (unpaired) electrons. The molecule has 82 valence electrons. The number of nitrogens with one attached hydrogen (secondary N) is 2. The Hall–Kier alpha value is -0.0800. The number of piperidine rings is 1. The standard InChI is InChI=1S/C12H24N2/c1-11(2)10(12(11,3)4)14-9-5-7-13-8-6-9/h9-10,13-14H,5-8H2,1-4H3. The summed E-state index contributed by atoms with van der Waals surface area (Å²) in [6.07, 6.45) is 2.59. The van der Waals surface area contributed by atoms with Gasteiger partial charge in [0.15, 0.2) is 0 Å². The van der Waals surface area contributed by atoms with Gasteiger partial charge in [-0.15, -0.1) is 0 Å². The van der Waals surface area contributed by atoms with E-state index in [1.165, 1.54) is 25.9 Å². The molecular weight excluding hydrogens is 172 g/mol. The molecule has 0 atom stereocenters. The Morgan fingerprint density at radius 1 is 1.00 bits per heavy atom. The zero-order valence-electron chi connectivity index (χ0n) is 9.98. The van der Waals surface area contributed by atoms with Gasteiger partial charge in [0.1, 0.15) is 0 Å². The fourth-order valence-corrected chi connectivity index (χ4v) is 2.84. The molecule has 0 spiro atoms. The quantitative estimate of drug-likeness (QED) is 0.703. The molecule has 1 saturated carbocycles. The van der Waals surface area contributed by atoms with Crippen molar-refractivity contribution in [3.05, 3.63) is 0 Å². The molecule has 1 aliphatic carbocycles. The second-order valence-corrected chi connectivity index (χ2v) is 6.07. The van der Waals surface area contributed by atoms with E-state index in [9.17, 15) is 0 Å². The molecule has 0 unspecified atom stereocenters. The van der Waals surface area contributed by atoms with Gasteiger partial charge in [-0.25, -0.2) is 0 Å².